The van der Waals surface area contributed by atoms with E-state index in [-0.39, 0.29) is 5.91 Å². The number of hydrogen-bond acceptors (Lipinski definition) is 4. The predicted octanol–water partition coefficient (Wildman–Crippen LogP) is 1.27. The molecule has 1 amide bonds. The first-order valence-corrected chi connectivity index (χ1v) is 6.35. The minimum absolute atomic E-state index is 0.0829. The molecule has 1 unspecified atom stereocenters. The van der Waals surface area contributed by atoms with Crippen LogP contribution in [0.4, 0.5) is 0 Å². The van der Waals surface area contributed by atoms with Gasteiger partial charge in [-0.3, -0.25) is 4.79 Å². The number of nitrogens with zero attached hydrogens (tertiary/aromatic N) is 1. The molecule has 4 nitrogen and oxygen atoms in total. The summed E-state index contributed by atoms with van der Waals surface area (Å²) in [7, 11) is 0. The molecular formula is C11H18N2O2S. The second-order valence-electron chi connectivity index (χ2n) is 3.78. The molecule has 1 heterocycles. The molecule has 1 atom stereocenters. The van der Waals surface area contributed by atoms with Gasteiger partial charge in [0.25, 0.3) is 0 Å². The lowest BCUT2D eigenvalue weighted by Crippen LogP contribution is -2.33. The van der Waals surface area contributed by atoms with Gasteiger partial charge in [-0.1, -0.05) is 13.3 Å². The van der Waals surface area contributed by atoms with Crippen LogP contribution in [-0.4, -0.2) is 28.6 Å². The van der Waals surface area contributed by atoms with E-state index in [0.29, 0.717) is 13.0 Å². The van der Waals surface area contributed by atoms with E-state index in [1.165, 1.54) is 11.3 Å². The fraction of sp³-hybridized carbons (Fsp3) is 0.636. The molecule has 0 fully saturated rings. The zero-order valence-corrected chi connectivity index (χ0v) is 10.5. The summed E-state index contributed by atoms with van der Waals surface area (Å²) in [5.41, 5.74) is 0.796. The number of carbonyl (C=O) groups excluding carboxylic acids is 1. The summed E-state index contributed by atoms with van der Waals surface area (Å²) in [6.45, 7) is 4.25. The third-order valence-corrected chi connectivity index (χ3v) is 2.99. The minimum atomic E-state index is -0.439. The Bertz CT molecular complexity index is 338. The van der Waals surface area contributed by atoms with Crippen LogP contribution in [-0.2, 0) is 11.2 Å². The molecule has 0 saturated heterocycles. The highest BCUT2D eigenvalue weighted by atomic mass is 32.1. The van der Waals surface area contributed by atoms with Gasteiger partial charge in [-0.25, -0.2) is 4.98 Å². The number of thiazole rings is 1. The van der Waals surface area contributed by atoms with Gasteiger partial charge in [0.2, 0.25) is 5.91 Å². The molecule has 2 N–H and O–H groups in total. The number of aryl methyl sites for hydroxylation is 1. The molecule has 16 heavy (non-hydrogen) atoms. The maximum absolute atomic E-state index is 11.5. The van der Waals surface area contributed by atoms with Crippen LogP contribution in [0, 0.1) is 6.92 Å². The largest absolute Gasteiger partial charge is 0.391 e. The maximum atomic E-state index is 11.5. The third-order valence-electron chi connectivity index (χ3n) is 2.17. The molecule has 0 bridgehead atoms. The minimum Gasteiger partial charge on any atom is -0.391 e. The number of nitrogens with one attached hydrogen (secondary N) is 1. The van der Waals surface area contributed by atoms with Crippen molar-refractivity contribution < 1.29 is 9.90 Å². The molecule has 0 aliphatic heterocycles. The SMILES string of the molecule is CCCC(O)CNC(=O)Cc1csc(C)n1. The fourth-order valence-corrected chi connectivity index (χ4v) is 2.00. The second-order valence-corrected chi connectivity index (χ2v) is 4.84. The molecule has 1 aromatic rings. The van der Waals surface area contributed by atoms with Crippen molar-refractivity contribution in [1.82, 2.24) is 10.3 Å². The highest BCUT2D eigenvalue weighted by molar-refractivity contribution is 7.09. The first kappa shape index (κ1) is 13.1. The van der Waals surface area contributed by atoms with Gasteiger partial charge in [0.1, 0.15) is 0 Å². The van der Waals surface area contributed by atoms with Crippen molar-refractivity contribution >= 4 is 17.2 Å². The van der Waals surface area contributed by atoms with Crippen LogP contribution in [0.1, 0.15) is 30.5 Å². The van der Waals surface area contributed by atoms with Gasteiger partial charge < -0.3 is 10.4 Å². The van der Waals surface area contributed by atoms with Crippen LogP contribution in [0.2, 0.25) is 0 Å². The quantitative estimate of drug-likeness (QED) is 0.789. The summed E-state index contributed by atoms with van der Waals surface area (Å²) >= 11 is 1.54. The number of hydrogen-bond donors (Lipinski definition) is 2. The molecular weight excluding hydrogens is 224 g/mol. The summed E-state index contributed by atoms with van der Waals surface area (Å²) in [4.78, 5) is 15.7. The molecule has 1 rings (SSSR count). The lowest BCUT2D eigenvalue weighted by molar-refractivity contribution is -0.120. The van der Waals surface area contributed by atoms with Gasteiger partial charge >= 0.3 is 0 Å². The van der Waals surface area contributed by atoms with Crippen molar-refractivity contribution in [2.75, 3.05) is 6.54 Å². The molecule has 0 aliphatic rings. The Morgan fingerprint density at radius 1 is 1.69 bits per heavy atom. The molecule has 0 saturated carbocycles. The zero-order valence-electron chi connectivity index (χ0n) is 9.69. The maximum Gasteiger partial charge on any atom is 0.226 e. The standard InChI is InChI=1S/C11H18N2O2S/c1-3-4-10(14)6-12-11(15)5-9-7-16-8(2)13-9/h7,10,14H,3-6H2,1-2H3,(H,12,15). The Labute approximate surface area is 99.7 Å². The van der Waals surface area contributed by atoms with E-state index in [0.717, 1.165) is 23.5 Å². The number of carbonyl (C=O) groups is 1. The van der Waals surface area contributed by atoms with Crippen LogP contribution in [0.3, 0.4) is 0 Å². The van der Waals surface area contributed by atoms with E-state index in [1.54, 1.807) is 0 Å². The normalized spacial score (nSPS) is 12.4. The monoisotopic (exact) mass is 242 g/mol. The van der Waals surface area contributed by atoms with Crippen LogP contribution in [0.25, 0.3) is 0 Å². The highest BCUT2D eigenvalue weighted by Crippen LogP contribution is 2.08. The Hall–Kier alpha value is -0.940. The lowest BCUT2D eigenvalue weighted by Gasteiger charge is -2.09. The first-order valence-electron chi connectivity index (χ1n) is 5.47. The summed E-state index contributed by atoms with van der Waals surface area (Å²) in [6, 6.07) is 0. The number of amides is 1. The van der Waals surface area contributed by atoms with Crippen LogP contribution in [0.15, 0.2) is 5.38 Å². The van der Waals surface area contributed by atoms with E-state index in [9.17, 15) is 9.90 Å². The molecule has 5 heteroatoms. The van der Waals surface area contributed by atoms with Crippen molar-refractivity contribution in [3.05, 3.63) is 16.1 Å². The fourth-order valence-electron chi connectivity index (χ4n) is 1.38. The summed E-state index contributed by atoms with van der Waals surface area (Å²) in [5.74, 6) is -0.0829. The number of aromatic nitrogens is 1. The molecule has 90 valence electrons. The average molecular weight is 242 g/mol. The zero-order chi connectivity index (χ0) is 12.0. The van der Waals surface area contributed by atoms with Gasteiger partial charge in [-0.15, -0.1) is 11.3 Å². The van der Waals surface area contributed by atoms with Crippen LogP contribution < -0.4 is 5.32 Å². The van der Waals surface area contributed by atoms with Gasteiger partial charge in [-0.05, 0) is 13.3 Å². The summed E-state index contributed by atoms with van der Waals surface area (Å²) in [5, 5.41) is 15.0. The Morgan fingerprint density at radius 2 is 2.44 bits per heavy atom. The highest BCUT2D eigenvalue weighted by Gasteiger charge is 2.08. The third kappa shape index (κ3) is 4.72. The number of rotatable bonds is 6. The first-order chi connectivity index (χ1) is 7.61. The van der Waals surface area contributed by atoms with Gasteiger partial charge in [0, 0.05) is 11.9 Å². The van der Waals surface area contributed by atoms with Gasteiger partial charge in [0.15, 0.2) is 0 Å². The van der Waals surface area contributed by atoms with Crippen molar-refractivity contribution in [2.24, 2.45) is 0 Å². The lowest BCUT2D eigenvalue weighted by atomic mass is 10.2. The van der Waals surface area contributed by atoms with Gasteiger partial charge in [-0.2, -0.15) is 0 Å². The molecule has 0 aromatic carbocycles. The smallest absolute Gasteiger partial charge is 0.226 e. The summed E-state index contributed by atoms with van der Waals surface area (Å²) in [6.07, 6.45) is 1.49. The molecule has 0 radical (unpaired) electrons. The van der Waals surface area contributed by atoms with E-state index in [2.05, 4.69) is 10.3 Å². The number of aliphatic hydroxyl groups is 1. The van der Waals surface area contributed by atoms with Crippen molar-refractivity contribution in [1.29, 1.82) is 0 Å². The van der Waals surface area contributed by atoms with E-state index in [1.807, 2.05) is 19.2 Å². The molecule has 0 spiro atoms. The second kappa shape index (κ2) is 6.60. The van der Waals surface area contributed by atoms with Crippen molar-refractivity contribution in [2.45, 2.75) is 39.2 Å². The van der Waals surface area contributed by atoms with Gasteiger partial charge in [0.05, 0.1) is 23.2 Å². The van der Waals surface area contributed by atoms with Crippen LogP contribution >= 0.6 is 11.3 Å². The van der Waals surface area contributed by atoms with Crippen molar-refractivity contribution in [3.8, 4) is 0 Å². The summed E-state index contributed by atoms with van der Waals surface area (Å²) < 4.78 is 0. The Kier molecular flexibility index (Phi) is 5.42. The molecule has 0 aliphatic carbocycles. The average Bonchev–Trinajstić information content (AvgIpc) is 2.61. The topological polar surface area (TPSA) is 62.2 Å². The predicted molar refractivity (Wildman–Crippen MR) is 64.5 cm³/mol. The van der Waals surface area contributed by atoms with E-state index in [4.69, 9.17) is 0 Å². The Morgan fingerprint density at radius 3 is 3.00 bits per heavy atom. The van der Waals surface area contributed by atoms with Crippen LogP contribution in [0.5, 0.6) is 0 Å². The molecule has 1 aromatic heterocycles. The van der Waals surface area contributed by atoms with E-state index >= 15 is 0 Å². The number of aliphatic hydroxyl groups excluding tert-OH is 1. The Balaban J connectivity index is 2.26. The van der Waals surface area contributed by atoms with E-state index < -0.39 is 6.10 Å². The van der Waals surface area contributed by atoms with Crippen molar-refractivity contribution in [3.63, 3.8) is 0 Å².